The highest BCUT2D eigenvalue weighted by molar-refractivity contribution is 5.59. The number of hydrogen-bond donors (Lipinski definition) is 1. The van der Waals surface area contributed by atoms with Crippen molar-refractivity contribution in [3.05, 3.63) is 58.9 Å². The molecule has 110 valence electrons. The highest BCUT2D eigenvalue weighted by atomic mass is 19.1. The van der Waals surface area contributed by atoms with E-state index >= 15 is 0 Å². The van der Waals surface area contributed by atoms with Crippen molar-refractivity contribution in [1.82, 2.24) is 0 Å². The molecule has 4 heteroatoms. The normalized spacial score (nSPS) is 15.0. The first kappa shape index (κ1) is 13.9. The summed E-state index contributed by atoms with van der Waals surface area (Å²) in [6, 6.07) is 10.1. The fraction of sp³-hybridized carbons (Fsp3) is 0.294. The van der Waals surface area contributed by atoms with Crippen LogP contribution >= 0.6 is 0 Å². The van der Waals surface area contributed by atoms with Crippen molar-refractivity contribution in [3.63, 3.8) is 0 Å². The third-order valence-electron chi connectivity index (χ3n) is 4.03. The van der Waals surface area contributed by atoms with Gasteiger partial charge in [-0.25, -0.2) is 4.39 Å². The maximum absolute atomic E-state index is 13.5. The van der Waals surface area contributed by atoms with Gasteiger partial charge in [0.2, 0.25) is 0 Å². The Bertz CT molecular complexity index is 672. The average molecular weight is 287 g/mol. The smallest absolute Gasteiger partial charge is 0.125 e. The van der Waals surface area contributed by atoms with E-state index in [1.54, 1.807) is 0 Å². The molecular formula is C17H18FNO2. The molecule has 0 saturated heterocycles. The summed E-state index contributed by atoms with van der Waals surface area (Å²) >= 11 is 0. The van der Waals surface area contributed by atoms with Gasteiger partial charge in [0, 0.05) is 24.8 Å². The van der Waals surface area contributed by atoms with Gasteiger partial charge in [-0.2, -0.15) is 0 Å². The number of aliphatic hydroxyl groups is 1. The largest absolute Gasteiger partial charge is 0.496 e. The minimum Gasteiger partial charge on any atom is -0.496 e. The Morgan fingerprint density at radius 2 is 2.05 bits per heavy atom. The molecule has 2 aromatic carbocycles. The topological polar surface area (TPSA) is 32.7 Å². The molecule has 1 atom stereocenters. The molecule has 0 amide bonds. The number of aliphatic hydroxyl groups excluding tert-OH is 1. The molecule has 1 unspecified atom stereocenters. The predicted octanol–water partition coefficient (Wildman–Crippen LogP) is 2.91. The molecule has 0 aromatic heterocycles. The van der Waals surface area contributed by atoms with Gasteiger partial charge in [-0.15, -0.1) is 0 Å². The second-order valence-electron chi connectivity index (χ2n) is 5.35. The fourth-order valence-electron chi connectivity index (χ4n) is 2.86. The lowest BCUT2D eigenvalue weighted by Crippen LogP contribution is -2.12. The molecule has 1 aliphatic heterocycles. The highest BCUT2D eigenvalue weighted by Crippen LogP contribution is 2.34. The van der Waals surface area contributed by atoms with E-state index in [9.17, 15) is 9.50 Å². The SMILES string of the molecule is COc1ccc(F)cc1C(O)c1ccc2c(c1)CCN2C. The summed E-state index contributed by atoms with van der Waals surface area (Å²) in [5.74, 6) is 0.104. The second kappa shape index (κ2) is 5.37. The standard InChI is InChI=1S/C17H18FNO2/c1-19-8-7-11-9-12(3-5-15(11)19)17(20)14-10-13(18)4-6-16(14)21-2/h3-6,9-10,17,20H,7-8H2,1-2H3. The van der Waals surface area contributed by atoms with Crippen LogP contribution in [0.2, 0.25) is 0 Å². The van der Waals surface area contributed by atoms with E-state index in [2.05, 4.69) is 11.9 Å². The first-order valence-corrected chi connectivity index (χ1v) is 6.95. The van der Waals surface area contributed by atoms with Crippen LogP contribution in [0.15, 0.2) is 36.4 Å². The van der Waals surface area contributed by atoms with Crippen molar-refractivity contribution in [2.45, 2.75) is 12.5 Å². The van der Waals surface area contributed by atoms with Gasteiger partial charge in [0.05, 0.1) is 7.11 Å². The lowest BCUT2D eigenvalue weighted by molar-refractivity contribution is 0.214. The molecule has 0 aliphatic carbocycles. The Hall–Kier alpha value is -2.07. The van der Waals surface area contributed by atoms with Gasteiger partial charge in [-0.3, -0.25) is 0 Å². The predicted molar refractivity (Wildman–Crippen MR) is 80.4 cm³/mol. The molecule has 0 fully saturated rings. The third-order valence-corrected chi connectivity index (χ3v) is 4.03. The molecule has 0 bridgehead atoms. The number of likely N-dealkylation sites (N-methyl/N-ethyl adjacent to an activating group) is 1. The molecule has 1 aliphatic rings. The third kappa shape index (κ3) is 2.47. The minimum atomic E-state index is -0.896. The number of halogens is 1. The molecular weight excluding hydrogens is 269 g/mol. The van der Waals surface area contributed by atoms with Crippen LogP contribution < -0.4 is 9.64 Å². The van der Waals surface area contributed by atoms with Crippen LogP contribution in [0.3, 0.4) is 0 Å². The fourth-order valence-corrected chi connectivity index (χ4v) is 2.86. The van der Waals surface area contributed by atoms with E-state index in [1.165, 1.54) is 36.6 Å². The summed E-state index contributed by atoms with van der Waals surface area (Å²) in [5, 5.41) is 10.6. The van der Waals surface area contributed by atoms with E-state index in [1.807, 2.05) is 18.2 Å². The highest BCUT2D eigenvalue weighted by Gasteiger charge is 2.20. The van der Waals surface area contributed by atoms with Crippen molar-refractivity contribution < 1.29 is 14.2 Å². The van der Waals surface area contributed by atoms with Gasteiger partial charge in [-0.05, 0) is 41.8 Å². The van der Waals surface area contributed by atoms with Gasteiger partial charge in [-0.1, -0.05) is 12.1 Å². The van der Waals surface area contributed by atoms with Crippen molar-refractivity contribution >= 4 is 5.69 Å². The molecule has 21 heavy (non-hydrogen) atoms. The van der Waals surface area contributed by atoms with E-state index in [0.29, 0.717) is 11.3 Å². The van der Waals surface area contributed by atoms with Crippen LogP contribution in [0, 0.1) is 5.82 Å². The number of anilines is 1. The number of nitrogens with zero attached hydrogens (tertiary/aromatic N) is 1. The molecule has 1 heterocycles. The minimum absolute atomic E-state index is 0.384. The van der Waals surface area contributed by atoms with Crippen LogP contribution in [0.5, 0.6) is 5.75 Å². The zero-order valence-electron chi connectivity index (χ0n) is 12.1. The molecule has 0 radical (unpaired) electrons. The number of hydrogen-bond acceptors (Lipinski definition) is 3. The van der Waals surface area contributed by atoms with Crippen LogP contribution in [-0.4, -0.2) is 25.8 Å². The van der Waals surface area contributed by atoms with Crippen LogP contribution in [-0.2, 0) is 6.42 Å². The summed E-state index contributed by atoms with van der Waals surface area (Å²) in [7, 11) is 3.57. The summed E-state index contributed by atoms with van der Waals surface area (Å²) in [6.45, 7) is 0.984. The van der Waals surface area contributed by atoms with Crippen molar-refractivity contribution in [3.8, 4) is 5.75 Å². The van der Waals surface area contributed by atoms with Crippen LogP contribution in [0.25, 0.3) is 0 Å². The Labute approximate surface area is 123 Å². The van der Waals surface area contributed by atoms with Crippen molar-refractivity contribution in [2.24, 2.45) is 0 Å². The Kier molecular flexibility index (Phi) is 3.55. The van der Waals surface area contributed by atoms with E-state index in [0.717, 1.165) is 18.5 Å². The number of benzene rings is 2. The molecule has 2 aromatic rings. The second-order valence-corrected chi connectivity index (χ2v) is 5.35. The Morgan fingerprint density at radius 1 is 1.24 bits per heavy atom. The zero-order valence-corrected chi connectivity index (χ0v) is 12.1. The lowest BCUT2D eigenvalue weighted by atomic mass is 9.98. The first-order valence-electron chi connectivity index (χ1n) is 6.95. The van der Waals surface area contributed by atoms with E-state index < -0.39 is 6.10 Å². The van der Waals surface area contributed by atoms with Gasteiger partial charge in [0.1, 0.15) is 17.7 Å². The van der Waals surface area contributed by atoms with Gasteiger partial charge in [0.25, 0.3) is 0 Å². The van der Waals surface area contributed by atoms with E-state index in [-0.39, 0.29) is 5.82 Å². The lowest BCUT2D eigenvalue weighted by Gasteiger charge is -2.17. The molecule has 0 saturated carbocycles. The monoisotopic (exact) mass is 287 g/mol. The number of ether oxygens (including phenoxy) is 1. The van der Waals surface area contributed by atoms with Gasteiger partial charge >= 0.3 is 0 Å². The zero-order chi connectivity index (χ0) is 15.0. The number of rotatable bonds is 3. The molecule has 3 rings (SSSR count). The van der Waals surface area contributed by atoms with Crippen LogP contribution in [0.4, 0.5) is 10.1 Å². The summed E-state index contributed by atoms with van der Waals surface area (Å²) in [6.07, 6.45) is 0.0685. The molecule has 0 spiro atoms. The van der Waals surface area contributed by atoms with Crippen LogP contribution in [0.1, 0.15) is 22.8 Å². The number of methoxy groups -OCH3 is 1. The van der Waals surface area contributed by atoms with Crippen molar-refractivity contribution in [2.75, 3.05) is 25.6 Å². The van der Waals surface area contributed by atoms with E-state index in [4.69, 9.17) is 4.74 Å². The summed E-state index contributed by atoms with van der Waals surface area (Å²) in [5.41, 5.74) is 3.61. The molecule has 1 N–H and O–H groups in total. The van der Waals surface area contributed by atoms with Gasteiger partial charge in [0.15, 0.2) is 0 Å². The Balaban J connectivity index is 1.99. The summed E-state index contributed by atoms with van der Waals surface area (Å²) in [4.78, 5) is 2.19. The first-order chi connectivity index (χ1) is 10.1. The Morgan fingerprint density at radius 3 is 2.81 bits per heavy atom. The maximum atomic E-state index is 13.5. The quantitative estimate of drug-likeness (QED) is 0.942. The molecule has 3 nitrogen and oxygen atoms in total. The maximum Gasteiger partial charge on any atom is 0.125 e. The number of fused-ring (bicyclic) bond motifs is 1. The van der Waals surface area contributed by atoms with Crippen molar-refractivity contribution in [1.29, 1.82) is 0 Å². The average Bonchev–Trinajstić information content (AvgIpc) is 2.87. The summed E-state index contributed by atoms with van der Waals surface area (Å²) < 4.78 is 18.7. The van der Waals surface area contributed by atoms with Gasteiger partial charge < -0.3 is 14.7 Å².